The summed E-state index contributed by atoms with van der Waals surface area (Å²) in [5.41, 5.74) is 2.60. The molecule has 3 aliphatic rings. The van der Waals surface area contributed by atoms with Crippen molar-refractivity contribution in [2.24, 2.45) is 11.8 Å². The van der Waals surface area contributed by atoms with Gasteiger partial charge in [0.15, 0.2) is 11.6 Å². The fraction of sp³-hybridized carbons (Fsp3) is 0.500. The number of aromatic nitrogens is 4. The topological polar surface area (TPSA) is 118 Å². The van der Waals surface area contributed by atoms with Crippen LogP contribution in [0.4, 0.5) is 0 Å². The molecule has 4 aromatic rings. The Balaban J connectivity index is 0.853. The third-order valence-electron chi connectivity index (χ3n) is 9.99. The van der Waals surface area contributed by atoms with Gasteiger partial charge in [0, 0.05) is 37.8 Å². The maximum absolute atomic E-state index is 13.5. The van der Waals surface area contributed by atoms with Crippen LogP contribution in [0.3, 0.4) is 0 Å². The highest BCUT2D eigenvalue weighted by molar-refractivity contribution is 5.82. The van der Waals surface area contributed by atoms with E-state index in [4.69, 9.17) is 9.05 Å². The first kappa shape index (κ1) is 30.3. The van der Waals surface area contributed by atoms with E-state index in [0.717, 1.165) is 77.0 Å². The molecule has 2 aromatic heterocycles. The van der Waals surface area contributed by atoms with Crippen molar-refractivity contribution in [1.82, 2.24) is 30.1 Å². The second-order valence-corrected chi connectivity index (χ2v) is 13.0. The molecule has 4 heterocycles. The fourth-order valence-electron chi connectivity index (χ4n) is 7.07. The third-order valence-corrected chi connectivity index (χ3v) is 9.99. The Morgan fingerprint density at radius 1 is 0.587 bits per heavy atom. The van der Waals surface area contributed by atoms with Gasteiger partial charge in [0.25, 0.3) is 0 Å². The summed E-state index contributed by atoms with van der Waals surface area (Å²) in [5.74, 6) is 2.66. The maximum Gasteiger partial charge on any atom is 0.249 e. The van der Waals surface area contributed by atoms with Crippen LogP contribution in [0, 0.1) is 11.8 Å². The average molecular weight is 623 g/mol. The van der Waals surface area contributed by atoms with E-state index in [0.29, 0.717) is 36.5 Å². The number of nitrogens with zero attached hydrogens (tertiary/aromatic N) is 6. The highest BCUT2D eigenvalue weighted by atomic mass is 16.5. The quantitative estimate of drug-likeness (QED) is 0.193. The molecule has 2 aromatic carbocycles. The zero-order valence-electron chi connectivity index (χ0n) is 26.3. The van der Waals surface area contributed by atoms with E-state index < -0.39 is 0 Å². The van der Waals surface area contributed by atoms with Gasteiger partial charge in [0.1, 0.15) is 12.1 Å². The third kappa shape index (κ3) is 6.76. The molecule has 2 amide bonds. The number of likely N-dealkylation sites (tertiary alicyclic amines) is 2. The SMILES string of the molecule is O=C(C1CCC(C(=O)N2CC[C@H]2c2nc(CCCc3ccccc3)no2)CC1)N1CC[C@H]1c1nc(CCCc2ccccc2)no1. The summed E-state index contributed by atoms with van der Waals surface area (Å²) in [6, 6.07) is 20.5. The molecule has 2 aliphatic heterocycles. The van der Waals surface area contributed by atoms with E-state index in [1.165, 1.54) is 11.1 Å². The van der Waals surface area contributed by atoms with E-state index in [9.17, 15) is 9.59 Å². The lowest BCUT2D eigenvalue weighted by Crippen LogP contribution is -2.50. The molecular formula is C36H42N6O4. The second kappa shape index (κ2) is 14.0. The first-order valence-corrected chi connectivity index (χ1v) is 17.0. The van der Waals surface area contributed by atoms with E-state index in [-0.39, 0.29) is 35.7 Å². The Morgan fingerprint density at radius 3 is 1.37 bits per heavy atom. The molecule has 10 heteroatoms. The predicted octanol–water partition coefficient (Wildman–Crippen LogP) is 5.86. The van der Waals surface area contributed by atoms with Gasteiger partial charge in [-0.1, -0.05) is 71.0 Å². The van der Waals surface area contributed by atoms with Crippen LogP contribution in [0.15, 0.2) is 69.7 Å². The van der Waals surface area contributed by atoms with Gasteiger partial charge in [-0.15, -0.1) is 0 Å². The molecule has 0 bridgehead atoms. The standard InChI is InChI=1S/C36H42N6O4/c43-35(41-23-21-29(41)33-37-31(39-45-33)15-7-13-25-9-3-1-4-10-25)27-17-19-28(20-18-27)36(44)42-24-22-30(42)34-38-32(40-46-34)16-8-14-26-11-5-2-6-12-26/h1-6,9-12,27-30H,7-8,13-24H2/t27?,28?,29-,30-/m0/s1. The van der Waals surface area contributed by atoms with Gasteiger partial charge in [-0.25, -0.2) is 0 Å². The smallest absolute Gasteiger partial charge is 0.249 e. The molecular weight excluding hydrogens is 580 g/mol. The largest absolute Gasteiger partial charge is 0.337 e. The van der Waals surface area contributed by atoms with Crippen molar-refractivity contribution >= 4 is 11.8 Å². The van der Waals surface area contributed by atoms with E-state index in [1.807, 2.05) is 21.9 Å². The lowest BCUT2D eigenvalue weighted by molar-refractivity contribution is -0.151. The predicted molar refractivity (Wildman–Crippen MR) is 169 cm³/mol. The highest BCUT2D eigenvalue weighted by Gasteiger charge is 2.44. The lowest BCUT2D eigenvalue weighted by atomic mass is 9.79. The van der Waals surface area contributed by atoms with E-state index >= 15 is 0 Å². The molecule has 3 fully saturated rings. The Morgan fingerprint density at radius 2 is 1.00 bits per heavy atom. The number of hydrogen-bond donors (Lipinski definition) is 0. The summed E-state index contributed by atoms with van der Waals surface area (Å²) in [6.07, 6.45) is 9.88. The minimum atomic E-state index is -0.137. The van der Waals surface area contributed by atoms with Gasteiger partial charge in [-0.2, -0.15) is 9.97 Å². The summed E-state index contributed by atoms with van der Waals surface area (Å²) in [6.45, 7) is 1.42. The van der Waals surface area contributed by atoms with Crippen LogP contribution < -0.4 is 0 Å². The Labute approximate surface area is 269 Å². The first-order chi connectivity index (χ1) is 22.6. The van der Waals surface area contributed by atoms with E-state index in [1.54, 1.807) is 0 Å². The Bertz CT molecular complexity index is 1480. The van der Waals surface area contributed by atoms with Crippen molar-refractivity contribution in [3.63, 3.8) is 0 Å². The number of hydrogen-bond acceptors (Lipinski definition) is 8. The Hall–Kier alpha value is -4.34. The van der Waals surface area contributed by atoms with Crippen LogP contribution >= 0.6 is 0 Å². The molecule has 1 saturated carbocycles. The molecule has 46 heavy (non-hydrogen) atoms. The van der Waals surface area contributed by atoms with Gasteiger partial charge in [0.2, 0.25) is 23.6 Å². The fourth-order valence-corrected chi connectivity index (χ4v) is 7.07. The van der Waals surface area contributed by atoms with Crippen LogP contribution in [0.5, 0.6) is 0 Å². The van der Waals surface area contributed by atoms with E-state index in [2.05, 4.69) is 68.8 Å². The van der Waals surface area contributed by atoms with Crippen molar-refractivity contribution < 1.29 is 18.6 Å². The van der Waals surface area contributed by atoms with Crippen molar-refractivity contribution in [3.05, 3.63) is 95.2 Å². The van der Waals surface area contributed by atoms with Gasteiger partial charge < -0.3 is 18.8 Å². The van der Waals surface area contributed by atoms with Crippen LogP contribution in [0.25, 0.3) is 0 Å². The molecule has 0 unspecified atom stereocenters. The number of benzene rings is 2. The van der Waals surface area contributed by atoms with Crippen LogP contribution in [0.1, 0.15) is 98.0 Å². The molecule has 1 aliphatic carbocycles. The maximum atomic E-state index is 13.5. The first-order valence-electron chi connectivity index (χ1n) is 17.0. The second-order valence-electron chi connectivity index (χ2n) is 13.0. The van der Waals surface area contributed by atoms with Crippen molar-refractivity contribution in [2.75, 3.05) is 13.1 Å². The van der Waals surface area contributed by atoms with Crippen molar-refractivity contribution in [3.8, 4) is 0 Å². The lowest BCUT2D eigenvalue weighted by Gasteiger charge is -2.43. The van der Waals surface area contributed by atoms with Gasteiger partial charge in [-0.05, 0) is 75.3 Å². The highest BCUT2D eigenvalue weighted by Crippen LogP contribution is 2.40. The summed E-state index contributed by atoms with van der Waals surface area (Å²) in [4.78, 5) is 40.0. The number of carbonyl (C=O) groups excluding carboxylic acids is 2. The van der Waals surface area contributed by atoms with Crippen molar-refractivity contribution in [2.45, 2.75) is 89.1 Å². The normalized spacial score (nSPS) is 22.7. The average Bonchev–Trinajstić information content (AvgIpc) is 3.71. The monoisotopic (exact) mass is 622 g/mol. The van der Waals surface area contributed by atoms with Crippen molar-refractivity contribution in [1.29, 1.82) is 0 Å². The number of aryl methyl sites for hydroxylation is 4. The van der Waals surface area contributed by atoms with Gasteiger partial charge >= 0.3 is 0 Å². The minimum absolute atomic E-state index is 0.0679. The number of amides is 2. The molecule has 2 atom stereocenters. The van der Waals surface area contributed by atoms with Gasteiger partial charge in [0.05, 0.1) is 0 Å². The molecule has 10 nitrogen and oxygen atoms in total. The molecule has 0 spiro atoms. The van der Waals surface area contributed by atoms with Crippen LogP contribution in [-0.4, -0.2) is 55.0 Å². The molecule has 240 valence electrons. The van der Waals surface area contributed by atoms with Crippen LogP contribution in [0.2, 0.25) is 0 Å². The Kier molecular flexibility index (Phi) is 9.21. The number of rotatable bonds is 12. The summed E-state index contributed by atoms with van der Waals surface area (Å²) < 4.78 is 11.2. The summed E-state index contributed by atoms with van der Waals surface area (Å²) >= 11 is 0. The minimum Gasteiger partial charge on any atom is -0.337 e. The summed E-state index contributed by atoms with van der Waals surface area (Å²) in [5, 5.41) is 8.38. The molecule has 0 radical (unpaired) electrons. The summed E-state index contributed by atoms with van der Waals surface area (Å²) in [7, 11) is 0. The molecule has 0 N–H and O–H groups in total. The molecule has 2 saturated heterocycles. The molecule has 7 rings (SSSR count). The van der Waals surface area contributed by atoms with Gasteiger partial charge in [-0.3, -0.25) is 9.59 Å². The van der Waals surface area contributed by atoms with Crippen LogP contribution in [-0.2, 0) is 35.3 Å². The zero-order chi connectivity index (χ0) is 31.3. The number of carbonyl (C=O) groups is 2. The zero-order valence-corrected chi connectivity index (χ0v) is 26.3.